The van der Waals surface area contributed by atoms with Crippen LogP contribution >= 0.6 is 27.3 Å². The van der Waals surface area contributed by atoms with Crippen LogP contribution in [0.25, 0.3) is 0 Å². The van der Waals surface area contributed by atoms with Gasteiger partial charge in [-0.1, -0.05) is 5.92 Å². The molecule has 0 unspecified atom stereocenters. The number of hydroxylamine groups is 1. The average Bonchev–Trinajstić information content (AvgIpc) is 2.52. The highest BCUT2D eigenvalue weighted by Gasteiger charge is 2.07. The van der Waals surface area contributed by atoms with Gasteiger partial charge in [-0.3, -0.25) is 9.63 Å². The molecule has 0 aliphatic carbocycles. The third-order valence-electron chi connectivity index (χ3n) is 1.11. The van der Waals surface area contributed by atoms with Gasteiger partial charge in [0.05, 0.1) is 4.88 Å². The second-order valence-corrected chi connectivity index (χ2v) is 3.88. The van der Waals surface area contributed by atoms with Gasteiger partial charge in [0, 0.05) is 9.85 Å². The van der Waals surface area contributed by atoms with Gasteiger partial charge in [-0.2, -0.15) is 0 Å². The van der Waals surface area contributed by atoms with E-state index in [9.17, 15) is 4.79 Å². The van der Waals surface area contributed by atoms with Crippen molar-refractivity contribution in [3.63, 3.8) is 0 Å². The van der Waals surface area contributed by atoms with Crippen LogP contribution in [0, 0.1) is 12.3 Å². The van der Waals surface area contributed by atoms with Crippen LogP contribution in [-0.2, 0) is 4.84 Å². The van der Waals surface area contributed by atoms with E-state index >= 15 is 0 Å². The van der Waals surface area contributed by atoms with E-state index in [0.717, 1.165) is 4.47 Å². The van der Waals surface area contributed by atoms with Crippen LogP contribution in [-0.4, -0.2) is 12.5 Å². The molecule has 1 aromatic heterocycles. The second-order valence-electron chi connectivity index (χ2n) is 2.05. The van der Waals surface area contributed by atoms with Gasteiger partial charge in [0.15, 0.2) is 0 Å². The second kappa shape index (κ2) is 5.02. The molecule has 0 aliphatic heterocycles. The summed E-state index contributed by atoms with van der Waals surface area (Å²) in [6.45, 7) is 0.0677. The lowest BCUT2D eigenvalue weighted by Crippen LogP contribution is -2.22. The largest absolute Gasteiger partial charge is 0.284 e. The lowest BCUT2D eigenvalue weighted by molar-refractivity contribution is 0.0442. The molecular formula is C8H6BrNO2S. The molecule has 0 bridgehead atoms. The fraction of sp³-hybridized carbons (Fsp3) is 0.125. The van der Waals surface area contributed by atoms with Gasteiger partial charge in [0.2, 0.25) is 0 Å². The van der Waals surface area contributed by atoms with Crippen LogP contribution in [0.3, 0.4) is 0 Å². The Hall–Kier alpha value is -0.830. The van der Waals surface area contributed by atoms with Crippen molar-refractivity contribution in [1.29, 1.82) is 0 Å². The molecule has 0 aliphatic rings. The van der Waals surface area contributed by atoms with Gasteiger partial charge in [-0.15, -0.1) is 17.8 Å². The van der Waals surface area contributed by atoms with E-state index in [-0.39, 0.29) is 12.5 Å². The van der Waals surface area contributed by atoms with Crippen molar-refractivity contribution >= 4 is 33.2 Å². The maximum absolute atomic E-state index is 11.2. The van der Waals surface area contributed by atoms with E-state index in [0.29, 0.717) is 4.88 Å². The van der Waals surface area contributed by atoms with Crippen LogP contribution < -0.4 is 5.48 Å². The van der Waals surface area contributed by atoms with E-state index < -0.39 is 0 Å². The number of nitrogens with one attached hydrogen (secondary N) is 1. The first-order valence-electron chi connectivity index (χ1n) is 3.33. The Bertz CT molecular complexity index is 342. The predicted molar refractivity (Wildman–Crippen MR) is 54.3 cm³/mol. The first-order chi connectivity index (χ1) is 6.24. The lowest BCUT2D eigenvalue weighted by atomic mass is 10.5. The topological polar surface area (TPSA) is 38.3 Å². The molecule has 68 valence electrons. The summed E-state index contributed by atoms with van der Waals surface area (Å²) >= 11 is 4.56. The van der Waals surface area contributed by atoms with Crippen molar-refractivity contribution in [1.82, 2.24) is 5.48 Å². The molecule has 1 rings (SSSR count). The maximum atomic E-state index is 11.2. The van der Waals surface area contributed by atoms with Gasteiger partial charge in [-0.25, -0.2) is 5.48 Å². The molecule has 3 nitrogen and oxygen atoms in total. The molecule has 0 atom stereocenters. The van der Waals surface area contributed by atoms with Crippen molar-refractivity contribution in [3.05, 3.63) is 20.8 Å². The van der Waals surface area contributed by atoms with E-state index in [2.05, 4.69) is 32.2 Å². The molecule has 0 fully saturated rings. The van der Waals surface area contributed by atoms with Crippen molar-refractivity contribution in [2.45, 2.75) is 0 Å². The highest BCUT2D eigenvalue weighted by atomic mass is 79.9. The Morgan fingerprint density at radius 1 is 1.85 bits per heavy atom. The summed E-state index contributed by atoms with van der Waals surface area (Å²) in [4.78, 5) is 16.5. The molecule has 1 N–H and O–H groups in total. The molecule has 1 heterocycles. The van der Waals surface area contributed by atoms with Crippen LogP contribution in [0.2, 0.25) is 0 Å². The third kappa shape index (κ3) is 3.19. The molecule has 0 radical (unpaired) electrons. The average molecular weight is 260 g/mol. The molecule has 0 saturated heterocycles. The minimum atomic E-state index is -0.286. The van der Waals surface area contributed by atoms with Crippen LogP contribution in [0.15, 0.2) is 15.9 Å². The number of halogens is 1. The van der Waals surface area contributed by atoms with Gasteiger partial charge < -0.3 is 0 Å². The lowest BCUT2D eigenvalue weighted by Gasteiger charge is -1.99. The van der Waals surface area contributed by atoms with Crippen LogP contribution in [0.4, 0.5) is 0 Å². The number of hydrogen-bond donors (Lipinski definition) is 1. The third-order valence-corrected chi connectivity index (χ3v) is 2.80. The Morgan fingerprint density at radius 2 is 2.62 bits per heavy atom. The van der Waals surface area contributed by atoms with Crippen molar-refractivity contribution in [3.8, 4) is 12.3 Å². The number of rotatable bonds is 3. The Morgan fingerprint density at radius 3 is 3.15 bits per heavy atom. The molecular weight excluding hydrogens is 254 g/mol. The minimum Gasteiger partial charge on any atom is -0.266 e. The molecule has 0 saturated carbocycles. The zero-order valence-corrected chi connectivity index (χ0v) is 8.94. The Balaban J connectivity index is 2.45. The molecule has 0 spiro atoms. The Labute approximate surface area is 88.2 Å². The monoisotopic (exact) mass is 259 g/mol. The van der Waals surface area contributed by atoms with Gasteiger partial charge in [0.1, 0.15) is 6.61 Å². The number of carbonyl (C=O) groups is 1. The van der Waals surface area contributed by atoms with Gasteiger partial charge in [0.25, 0.3) is 5.91 Å². The zero-order chi connectivity index (χ0) is 9.68. The summed E-state index contributed by atoms with van der Waals surface area (Å²) in [5.41, 5.74) is 2.22. The smallest absolute Gasteiger partial charge is 0.266 e. The van der Waals surface area contributed by atoms with Crippen molar-refractivity contribution in [2.24, 2.45) is 0 Å². The van der Waals surface area contributed by atoms with E-state index in [1.54, 1.807) is 6.07 Å². The normalized spacial score (nSPS) is 9.23. The van der Waals surface area contributed by atoms with E-state index in [1.165, 1.54) is 11.3 Å². The Kier molecular flexibility index (Phi) is 3.96. The first-order valence-corrected chi connectivity index (χ1v) is 5.01. The first kappa shape index (κ1) is 10.3. The maximum Gasteiger partial charge on any atom is 0.284 e. The summed E-state index contributed by atoms with van der Waals surface area (Å²) < 4.78 is 0.875. The fourth-order valence-electron chi connectivity index (χ4n) is 0.626. The SMILES string of the molecule is C#CCONC(=O)c1cc(Br)cs1. The predicted octanol–water partition coefficient (Wildman–Crippen LogP) is 1.81. The highest BCUT2D eigenvalue weighted by Crippen LogP contribution is 2.19. The highest BCUT2D eigenvalue weighted by molar-refractivity contribution is 9.10. The van der Waals surface area contributed by atoms with Gasteiger partial charge in [-0.05, 0) is 22.0 Å². The van der Waals surface area contributed by atoms with Crippen LogP contribution in [0.5, 0.6) is 0 Å². The van der Waals surface area contributed by atoms with E-state index in [1.807, 2.05) is 5.38 Å². The zero-order valence-electron chi connectivity index (χ0n) is 6.54. The van der Waals surface area contributed by atoms with Crippen LogP contribution in [0.1, 0.15) is 9.67 Å². The molecule has 13 heavy (non-hydrogen) atoms. The quantitative estimate of drug-likeness (QED) is 0.511. The van der Waals surface area contributed by atoms with Crippen molar-refractivity contribution < 1.29 is 9.63 Å². The molecule has 1 amide bonds. The summed E-state index contributed by atoms with van der Waals surface area (Å²) in [6.07, 6.45) is 4.93. The summed E-state index contributed by atoms with van der Waals surface area (Å²) in [5, 5.41) is 1.82. The number of hydrogen-bond acceptors (Lipinski definition) is 3. The van der Waals surface area contributed by atoms with Crippen molar-refractivity contribution in [2.75, 3.05) is 6.61 Å². The molecule has 1 aromatic rings. The number of amides is 1. The standard InChI is InChI=1S/C8H6BrNO2S/c1-2-3-12-10-8(11)7-4-6(9)5-13-7/h1,4-5H,3H2,(H,10,11). The fourth-order valence-corrected chi connectivity index (χ4v) is 1.94. The number of terminal acetylenes is 1. The van der Waals surface area contributed by atoms with E-state index in [4.69, 9.17) is 6.42 Å². The molecule has 0 aromatic carbocycles. The number of carbonyl (C=O) groups excluding carboxylic acids is 1. The molecule has 5 heteroatoms. The summed E-state index contributed by atoms with van der Waals surface area (Å²) in [7, 11) is 0. The summed E-state index contributed by atoms with van der Waals surface area (Å²) in [6, 6.07) is 1.71. The summed E-state index contributed by atoms with van der Waals surface area (Å²) in [5.74, 6) is 1.95. The minimum absolute atomic E-state index is 0.0677. The van der Waals surface area contributed by atoms with Gasteiger partial charge >= 0.3 is 0 Å². The number of thiophene rings is 1.